The zero-order valence-corrected chi connectivity index (χ0v) is 16.0. The quantitative estimate of drug-likeness (QED) is 0.592. The number of aryl methyl sites for hydroxylation is 2. The summed E-state index contributed by atoms with van der Waals surface area (Å²) in [7, 11) is 1.84. The Morgan fingerprint density at radius 1 is 1.14 bits per heavy atom. The van der Waals surface area contributed by atoms with E-state index in [1.807, 2.05) is 69.4 Å². The van der Waals surface area contributed by atoms with Gasteiger partial charge in [0.2, 0.25) is 0 Å². The van der Waals surface area contributed by atoms with E-state index in [0.717, 1.165) is 27.9 Å². The molecule has 3 aromatic heterocycles. The summed E-state index contributed by atoms with van der Waals surface area (Å²) in [5.74, 6) is -0.156. The maximum atomic E-state index is 13.2. The maximum Gasteiger partial charge on any atom is 0.252 e. The maximum absolute atomic E-state index is 13.2. The van der Waals surface area contributed by atoms with Crippen LogP contribution in [0.1, 0.15) is 34.6 Å². The van der Waals surface area contributed by atoms with Crippen LogP contribution in [-0.2, 0) is 7.05 Å². The lowest BCUT2D eigenvalue weighted by Gasteiger charge is -2.15. The van der Waals surface area contributed by atoms with E-state index in [2.05, 4.69) is 15.4 Å². The van der Waals surface area contributed by atoms with Gasteiger partial charge >= 0.3 is 0 Å². The summed E-state index contributed by atoms with van der Waals surface area (Å²) in [5.41, 5.74) is 4.70. The van der Waals surface area contributed by atoms with Gasteiger partial charge in [-0.1, -0.05) is 36.4 Å². The van der Waals surface area contributed by atoms with Gasteiger partial charge in [-0.25, -0.2) is 4.98 Å². The molecule has 0 aliphatic rings. The van der Waals surface area contributed by atoms with Crippen molar-refractivity contribution in [3.05, 3.63) is 77.7 Å². The predicted octanol–water partition coefficient (Wildman–Crippen LogP) is 3.83. The number of carbonyl (C=O) groups excluding carboxylic acids is 1. The van der Waals surface area contributed by atoms with Gasteiger partial charge in [-0.3, -0.25) is 14.5 Å². The number of hydrogen-bond donors (Lipinski definition) is 1. The van der Waals surface area contributed by atoms with Crippen molar-refractivity contribution >= 4 is 16.9 Å². The predicted molar refractivity (Wildman–Crippen MR) is 109 cm³/mol. The molecule has 0 spiro atoms. The van der Waals surface area contributed by atoms with Crippen LogP contribution in [0.5, 0.6) is 0 Å². The van der Waals surface area contributed by atoms with Gasteiger partial charge in [0, 0.05) is 25.0 Å². The third kappa shape index (κ3) is 3.24. The highest BCUT2D eigenvalue weighted by Gasteiger charge is 2.20. The van der Waals surface area contributed by atoms with E-state index < -0.39 is 0 Å². The molecule has 0 bridgehead atoms. The number of benzene rings is 1. The van der Waals surface area contributed by atoms with Crippen molar-refractivity contribution in [1.82, 2.24) is 25.1 Å². The number of nitrogens with one attached hydrogen (secondary N) is 1. The molecule has 140 valence electrons. The van der Waals surface area contributed by atoms with E-state index in [9.17, 15) is 4.79 Å². The van der Waals surface area contributed by atoms with Crippen LogP contribution < -0.4 is 5.32 Å². The van der Waals surface area contributed by atoms with Crippen molar-refractivity contribution in [3.8, 4) is 11.3 Å². The van der Waals surface area contributed by atoms with Crippen LogP contribution in [0.15, 0.2) is 60.9 Å². The van der Waals surface area contributed by atoms with Crippen LogP contribution in [0.25, 0.3) is 22.3 Å². The van der Waals surface area contributed by atoms with Gasteiger partial charge < -0.3 is 5.32 Å². The largest absolute Gasteiger partial charge is 0.345 e. The number of pyridine rings is 2. The lowest BCUT2D eigenvalue weighted by atomic mass is 10.0. The molecule has 4 rings (SSSR count). The monoisotopic (exact) mass is 371 g/mol. The average Bonchev–Trinajstić information content (AvgIpc) is 3.02. The highest BCUT2D eigenvalue weighted by atomic mass is 16.1. The fourth-order valence-electron chi connectivity index (χ4n) is 3.37. The van der Waals surface area contributed by atoms with Gasteiger partial charge in [0.05, 0.1) is 28.4 Å². The number of aromatic nitrogens is 4. The van der Waals surface area contributed by atoms with Crippen LogP contribution >= 0.6 is 0 Å². The lowest BCUT2D eigenvalue weighted by molar-refractivity contribution is 0.0941. The highest BCUT2D eigenvalue weighted by molar-refractivity contribution is 6.07. The van der Waals surface area contributed by atoms with Gasteiger partial charge in [-0.05, 0) is 31.5 Å². The summed E-state index contributed by atoms with van der Waals surface area (Å²) >= 11 is 0. The Kier molecular flexibility index (Phi) is 4.61. The molecule has 28 heavy (non-hydrogen) atoms. The number of fused-ring (bicyclic) bond motifs is 1. The minimum atomic E-state index is -0.165. The van der Waals surface area contributed by atoms with Crippen molar-refractivity contribution < 1.29 is 4.79 Å². The molecule has 1 unspecified atom stereocenters. The van der Waals surface area contributed by atoms with Crippen LogP contribution in [0.2, 0.25) is 0 Å². The second kappa shape index (κ2) is 7.23. The van der Waals surface area contributed by atoms with Gasteiger partial charge in [-0.15, -0.1) is 0 Å². The minimum absolute atomic E-state index is 0.156. The van der Waals surface area contributed by atoms with E-state index in [0.29, 0.717) is 11.2 Å². The molecule has 4 aromatic rings. The van der Waals surface area contributed by atoms with Gasteiger partial charge in [0.25, 0.3) is 5.91 Å². The summed E-state index contributed by atoms with van der Waals surface area (Å²) in [6.45, 7) is 3.84. The normalized spacial score (nSPS) is 12.1. The first-order valence-electron chi connectivity index (χ1n) is 9.15. The summed E-state index contributed by atoms with van der Waals surface area (Å²) in [6, 6.07) is 15.3. The number of carbonyl (C=O) groups is 1. The van der Waals surface area contributed by atoms with E-state index >= 15 is 0 Å². The third-order valence-electron chi connectivity index (χ3n) is 4.81. The smallest absolute Gasteiger partial charge is 0.252 e. The molecule has 0 saturated heterocycles. The Morgan fingerprint density at radius 3 is 2.64 bits per heavy atom. The molecule has 0 aliphatic heterocycles. The molecule has 3 heterocycles. The molecule has 1 atom stereocenters. The zero-order valence-electron chi connectivity index (χ0n) is 16.0. The summed E-state index contributed by atoms with van der Waals surface area (Å²) in [6.07, 6.45) is 3.48. The van der Waals surface area contributed by atoms with Gasteiger partial charge in [-0.2, -0.15) is 5.10 Å². The molecule has 6 heteroatoms. The highest BCUT2D eigenvalue weighted by Crippen LogP contribution is 2.27. The van der Waals surface area contributed by atoms with Crippen LogP contribution in [0.4, 0.5) is 0 Å². The van der Waals surface area contributed by atoms with Crippen molar-refractivity contribution in [2.45, 2.75) is 19.9 Å². The van der Waals surface area contributed by atoms with Gasteiger partial charge in [0.1, 0.15) is 0 Å². The fourth-order valence-corrected chi connectivity index (χ4v) is 3.37. The first-order valence-corrected chi connectivity index (χ1v) is 9.15. The first-order chi connectivity index (χ1) is 13.5. The molecule has 1 amide bonds. The number of nitrogens with zero attached hydrogens (tertiary/aromatic N) is 4. The van der Waals surface area contributed by atoms with E-state index in [4.69, 9.17) is 4.98 Å². The van der Waals surface area contributed by atoms with Crippen molar-refractivity contribution in [3.63, 3.8) is 0 Å². The fraction of sp³-hybridized carbons (Fsp3) is 0.182. The SMILES string of the molecule is Cc1nn(C)c2nc(-c3ccccc3)cc(C(=O)NC(C)c3cccnc3)c12. The lowest BCUT2D eigenvalue weighted by Crippen LogP contribution is -2.27. The second-order valence-electron chi connectivity index (χ2n) is 6.81. The molecule has 0 radical (unpaired) electrons. The Labute approximate surface area is 163 Å². The van der Waals surface area contributed by atoms with Crippen molar-refractivity contribution in [1.29, 1.82) is 0 Å². The topological polar surface area (TPSA) is 72.7 Å². The first kappa shape index (κ1) is 17.9. The second-order valence-corrected chi connectivity index (χ2v) is 6.81. The van der Waals surface area contributed by atoms with Crippen molar-refractivity contribution in [2.75, 3.05) is 0 Å². The molecule has 0 fully saturated rings. The van der Waals surface area contributed by atoms with Crippen LogP contribution in [0.3, 0.4) is 0 Å². The molecule has 0 saturated carbocycles. The number of rotatable bonds is 4. The Bertz CT molecular complexity index is 1140. The summed E-state index contributed by atoms with van der Waals surface area (Å²) in [5, 5.41) is 8.32. The number of amides is 1. The number of hydrogen-bond acceptors (Lipinski definition) is 4. The van der Waals surface area contributed by atoms with E-state index in [-0.39, 0.29) is 11.9 Å². The van der Waals surface area contributed by atoms with E-state index in [1.165, 1.54) is 0 Å². The van der Waals surface area contributed by atoms with Crippen molar-refractivity contribution in [2.24, 2.45) is 7.05 Å². The van der Waals surface area contributed by atoms with Crippen LogP contribution in [0, 0.1) is 6.92 Å². The molecule has 1 aromatic carbocycles. The minimum Gasteiger partial charge on any atom is -0.345 e. The molecule has 0 aliphatic carbocycles. The molecule has 1 N–H and O–H groups in total. The Hall–Kier alpha value is -3.54. The van der Waals surface area contributed by atoms with Gasteiger partial charge in [0.15, 0.2) is 5.65 Å². The van der Waals surface area contributed by atoms with E-state index in [1.54, 1.807) is 17.1 Å². The molecular weight excluding hydrogens is 350 g/mol. The average molecular weight is 371 g/mol. The third-order valence-corrected chi connectivity index (χ3v) is 4.81. The Balaban J connectivity index is 1.79. The molecular formula is C22H21N5O. The standard InChI is InChI=1S/C22H21N5O/c1-14(17-10-7-11-23-13-17)24-22(28)18-12-19(16-8-5-4-6-9-16)25-21-20(18)15(2)26-27(21)3/h4-14H,1-3H3,(H,24,28). The summed E-state index contributed by atoms with van der Waals surface area (Å²) < 4.78 is 1.72. The van der Waals surface area contributed by atoms with Crippen LogP contribution in [-0.4, -0.2) is 25.7 Å². The Morgan fingerprint density at radius 2 is 1.93 bits per heavy atom. The zero-order chi connectivity index (χ0) is 19.7. The molecule has 6 nitrogen and oxygen atoms in total. The summed E-state index contributed by atoms with van der Waals surface area (Å²) in [4.78, 5) is 22.1.